The number of hydrogen-bond acceptors (Lipinski definition) is 6. The molecule has 0 spiro atoms. The highest BCUT2D eigenvalue weighted by Gasteiger charge is 2.19. The number of carbonyl (C=O) groups excluding carboxylic acids is 3. The summed E-state index contributed by atoms with van der Waals surface area (Å²) in [5.41, 5.74) is 0. The summed E-state index contributed by atoms with van der Waals surface area (Å²) in [6.45, 7) is 6.34. The van der Waals surface area contributed by atoms with E-state index in [4.69, 9.17) is 14.2 Å². The largest absolute Gasteiger partial charge is 0.462 e. The molecule has 0 bridgehead atoms. The monoisotopic (exact) mass is 1070 g/mol. The molecule has 0 amide bonds. The van der Waals surface area contributed by atoms with Crippen molar-refractivity contribution in [1.82, 2.24) is 0 Å². The molecular formula is C72H114O6. The smallest absolute Gasteiger partial charge is 0.306 e. The van der Waals surface area contributed by atoms with Gasteiger partial charge in [-0.25, -0.2) is 0 Å². The Morgan fingerprint density at radius 3 is 0.795 bits per heavy atom. The first-order chi connectivity index (χ1) is 38.5. The zero-order valence-corrected chi connectivity index (χ0v) is 50.1. The normalized spacial score (nSPS) is 13.2. The van der Waals surface area contributed by atoms with Gasteiger partial charge in [0.15, 0.2) is 6.10 Å². The standard InChI is InChI=1S/C72H114O6/c1-4-7-10-13-16-19-21-23-25-27-29-31-33-35-36-38-39-41-43-45-47-49-51-53-56-59-62-65-71(74)77-68-69(67-76-70(73)64-61-58-55-18-15-12-9-6-3)78-72(75)66-63-60-57-54-52-50-48-46-44-42-40-37-34-32-30-28-26-24-22-20-17-14-11-8-5-2/h7-8,10-11,16-17,19-20,23-26,29-32,35-37,39-41,44,46,50,52,69H,4-6,9,12-15,18,21-22,27-28,33-34,38,42-43,45,47-49,51,53-68H2,1-3H3/b10-7-,11-8-,19-16-,20-17-,25-23-,26-24-,31-29-,32-30-,36-35-,40-37-,41-39-,46-44-,52-50-. The molecule has 0 radical (unpaired) electrons. The van der Waals surface area contributed by atoms with Gasteiger partial charge >= 0.3 is 17.9 Å². The summed E-state index contributed by atoms with van der Waals surface area (Å²) in [5.74, 6) is -0.950. The quantitative estimate of drug-likeness (QED) is 0.0261. The zero-order valence-electron chi connectivity index (χ0n) is 50.1. The van der Waals surface area contributed by atoms with Crippen molar-refractivity contribution < 1.29 is 28.6 Å². The average molecular weight is 1080 g/mol. The number of hydrogen-bond donors (Lipinski definition) is 0. The Kier molecular flexibility index (Phi) is 60.4. The maximum Gasteiger partial charge on any atom is 0.306 e. The summed E-state index contributed by atoms with van der Waals surface area (Å²) >= 11 is 0. The second-order valence-electron chi connectivity index (χ2n) is 20.2. The van der Waals surface area contributed by atoms with Crippen molar-refractivity contribution in [2.24, 2.45) is 0 Å². The van der Waals surface area contributed by atoms with E-state index in [0.29, 0.717) is 12.8 Å². The summed E-state index contributed by atoms with van der Waals surface area (Å²) in [7, 11) is 0. The van der Waals surface area contributed by atoms with Gasteiger partial charge in [-0.15, -0.1) is 0 Å². The van der Waals surface area contributed by atoms with Crippen LogP contribution in [0.15, 0.2) is 158 Å². The lowest BCUT2D eigenvalue weighted by molar-refractivity contribution is -0.167. The summed E-state index contributed by atoms with van der Waals surface area (Å²) in [5, 5.41) is 0. The van der Waals surface area contributed by atoms with Crippen LogP contribution in [0.4, 0.5) is 0 Å². The van der Waals surface area contributed by atoms with E-state index in [2.05, 4.69) is 179 Å². The van der Waals surface area contributed by atoms with Gasteiger partial charge in [-0.2, -0.15) is 0 Å². The third-order valence-electron chi connectivity index (χ3n) is 12.8. The Balaban J connectivity index is 4.32. The Morgan fingerprint density at radius 2 is 0.500 bits per heavy atom. The molecule has 78 heavy (non-hydrogen) atoms. The molecule has 1 unspecified atom stereocenters. The minimum absolute atomic E-state index is 0.0994. The van der Waals surface area contributed by atoms with Crippen LogP contribution in [0.5, 0.6) is 0 Å². The van der Waals surface area contributed by atoms with Crippen LogP contribution in [0.2, 0.25) is 0 Å². The van der Waals surface area contributed by atoms with Gasteiger partial charge in [0.25, 0.3) is 0 Å². The van der Waals surface area contributed by atoms with E-state index in [0.717, 1.165) is 154 Å². The van der Waals surface area contributed by atoms with Gasteiger partial charge in [-0.05, 0) is 128 Å². The van der Waals surface area contributed by atoms with Crippen molar-refractivity contribution in [3.05, 3.63) is 158 Å². The maximum atomic E-state index is 12.9. The lowest BCUT2D eigenvalue weighted by atomic mass is 10.1. The average Bonchev–Trinajstić information content (AvgIpc) is 3.44. The fraction of sp³-hybridized carbons (Fsp3) is 0.597. The Hall–Kier alpha value is -4.97. The lowest BCUT2D eigenvalue weighted by Gasteiger charge is -2.18. The van der Waals surface area contributed by atoms with E-state index in [1.807, 2.05) is 0 Å². The van der Waals surface area contributed by atoms with E-state index >= 15 is 0 Å². The van der Waals surface area contributed by atoms with Gasteiger partial charge < -0.3 is 14.2 Å². The third kappa shape index (κ3) is 61.9. The van der Waals surface area contributed by atoms with Gasteiger partial charge in [0.2, 0.25) is 0 Å². The van der Waals surface area contributed by atoms with E-state index in [-0.39, 0.29) is 37.5 Å². The predicted molar refractivity (Wildman–Crippen MR) is 338 cm³/mol. The summed E-state index contributed by atoms with van der Waals surface area (Å²) in [4.78, 5) is 38.1. The summed E-state index contributed by atoms with van der Waals surface area (Å²) in [6, 6.07) is 0. The van der Waals surface area contributed by atoms with E-state index in [1.165, 1.54) is 64.2 Å². The molecule has 0 aromatic carbocycles. The molecule has 0 aromatic rings. The molecule has 0 saturated carbocycles. The fourth-order valence-electron chi connectivity index (χ4n) is 8.13. The highest BCUT2D eigenvalue weighted by Crippen LogP contribution is 2.14. The molecular weight excluding hydrogens is 961 g/mol. The number of carbonyl (C=O) groups is 3. The van der Waals surface area contributed by atoms with Crippen molar-refractivity contribution in [2.45, 2.75) is 264 Å². The van der Waals surface area contributed by atoms with Gasteiger partial charge in [-0.3, -0.25) is 14.4 Å². The topological polar surface area (TPSA) is 78.9 Å². The van der Waals surface area contributed by atoms with Crippen LogP contribution in [0.3, 0.4) is 0 Å². The van der Waals surface area contributed by atoms with Crippen LogP contribution in [0.1, 0.15) is 258 Å². The van der Waals surface area contributed by atoms with E-state index in [9.17, 15) is 14.4 Å². The fourth-order valence-corrected chi connectivity index (χ4v) is 8.13. The van der Waals surface area contributed by atoms with E-state index in [1.54, 1.807) is 0 Å². The predicted octanol–water partition coefficient (Wildman–Crippen LogP) is 21.7. The highest BCUT2D eigenvalue weighted by molar-refractivity contribution is 5.71. The van der Waals surface area contributed by atoms with Crippen LogP contribution < -0.4 is 0 Å². The van der Waals surface area contributed by atoms with Crippen LogP contribution in [0, 0.1) is 0 Å². The molecule has 6 nitrogen and oxygen atoms in total. The van der Waals surface area contributed by atoms with E-state index < -0.39 is 6.10 Å². The number of rotatable bonds is 55. The SMILES string of the molecule is CC/C=C\C/C=C\C/C=C\C/C=C\C/C=C\C/C=C\C/C=C\CCCCCC(=O)OC(COC(=O)CCCCCCCCCC)COC(=O)CCCCCCCCCC/C=C\C/C=C\C/C=C\C/C=C\C/C=C\C/C=C\CC. The second kappa shape index (κ2) is 64.6. The molecule has 438 valence electrons. The summed E-state index contributed by atoms with van der Waals surface area (Å²) in [6.07, 6.45) is 94.0. The minimum atomic E-state index is -0.805. The van der Waals surface area contributed by atoms with Crippen LogP contribution in [-0.2, 0) is 28.6 Å². The van der Waals surface area contributed by atoms with Crippen molar-refractivity contribution in [3.8, 4) is 0 Å². The molecule has 0 aliphatic heterocycles. The summed E-state index contributed by atoms with van der Waals surface area (Å²) < 4.78 is 16.8. The zero-order chi connectivity index (χ0) is 56.4. The highest BCUT2D eigenvalue weighted by atomic mass is 16.6. The van der Waals surface area contributed by atoms with Gasteiger partial charge in [0.1, 0.15) is 13.2 Å². The van der Waals surface area contributed by atoms with Crippen molar-refractivity contribution in [3.63, 3.8) is 0 Å². The van der Waals surface area contributed by atoms with Crippen molar-refractivity contribution in [2.75, 3.05) is 13.2 Å². The van der Waals surface area contributed by atoms with Crippen LogP contribution >= 0.6 is 0 Å². The minimum Gasteiger partial charge on any atom is -0.462 e. The van der Waals surface area contributed by atoms with Crippen LogP contribution in [0.25, 0.3) is 0 Å². The Labute approximate surface area is 480 Å². The first-order valence-electron chi connectivity index (χ1n) is 31.5. The molecule has 0 heterocycles. The van der Waals surface area contributed by atoms with Gasteiger partial charge in [-0.1, -0.05) is 269 Å². The first kappa shape index (κ1) is 73.0. The molecule has 1 atom stereocenters. The molecule has 0 saturated heterocycles. The number of unbranched alkanes of at least 4 members (excludes halogenated alkanes) is 18. The Morgan fingerprint density at radius 1 is 0.269 bits per heavy atom. The van der Waals surface area contributed by atoms with Gasteiger partial charge in [0, 0.05) is 19.3 Å². The molecule has 6 heteroatoms. The number of ether oxygens (including phenoxy) is 3. The third-order valence-corrected chi connectivity index (χ3v) is 12.8. The van der Waals surface area contributed by atoms with Gasteiger partial charge in [0.05, 0.1) is 0 Å². The van der Waals surface area contributed by atoms with Crippen molar-refractivity contribution in [1.29, 1.82) is 0 Å². The molecule has 0 N–H and O–H groups in total. The molecule has 0 aliphatic carbocycles. The molecule has 0 rings (SSSR count). The van der Waals surface area contributed by atoms with Crippen LogP contribution in [-0.4, -0.2) is 37.2 Å². The number of esters is 3. The number of allylic oxidation sites excluding steroid dienone is 26. The molecule has 0 fully saturated rings. The second-order valence-corrected chi connectivity index (χ2v) is 20.2. The lowest BCUT2D eigenvalue weighted by Crippen LogP contribution is -2.30. The van der Waals surface area contributed by atoms with Crippen molar-refractivity contribution >= 4 is 17.9 Å². The Bertz CT molecular complexity index is 1760. The maximum absolute atomic E-state index is 12.9. The molecule has 0 aliphatic rings. The first-order valence-corrected chi connectivity index (χ1v) is 31.5. The molecule has 0 aromatic heterocycles.